The molecule has 4 heteroatoms. The number of hydrogen-bond donors (Lipinski definition) is 0. The van der Waals surface area contributed by atoms with Crippen LogP contribution >= 0.6 is 0 Å². The van der Waals surface area contributed by atoms with E-state index in [1.165, 1.54) is 16.8 Å². The van der Waals surface area contributed by atoms with Crippen LogP contribution in [0.15, 0.2) is 18.2 Å². The van der Waals surface area contributed by atoms with E-state index in [1.807, 2.05) is 18.7 Å². The number of rotatable bonds is 2. The average molecular weight is 269 g/mol. The van der Waals surface area contributed by atoms with E-state index >= 15 is 0 Å². The first-order valence-corrected chi connectivity index (χ1v) is 6.97. The number of fused-ring (bicyclic) bond motifs is 1. The van der Waals surface area contributed by atoms with Gasteiger partial charge in [-0.05, 0) is 38.3 Å². The molecule has 1 aliphatic heterocycles. The summed E-state index contributed by atoms with van der Waals surface area (Å²) in [6.07, 6.45) is 3.11. The summed E-state index contributed by atoms with van der Waals surface area (Å²) < 4.78 is 1.81. The highest BCUT2D eigenvalue weighted by molar-refractivity contribution is 5.87. The Hall–Kier alpha value is -2.10. The fourth-order valence-corrected chi connectivity index (χ4v) is 3.07. The van der Waals surface area contributed by atoms with E-state index in [0.29, 0.717) is 5.56 Å². The summed E-state index contributed by atoms with van der Waals surface area (Å²) in [6.45, 7) is 4.92. The molecule has 3 rings (SSSR count). The van der Waals surface area contributed by atoms with Crippen molar-refractivity contribution in [3.05, 3.63) is 40.6 Å². The topological polar surface area (TPSA) is 38.1 Å². The lowest BCUT2D eigenvalue weighted by atomic mass is 9.99. The van der Waals surface area contributed by atoms with Gasteiger partial charge in [0.15, 0.2) is 6.29 Å². The van der Waals surface area contributed by atoms with Gasteiger partial charge in [0.1, 0.15) is 5.82 Å². The first-order valence-electron chi connectivity index (χ1n) is 6.97. The Morgan fingerprint density at radius 2 is 2.10 bits per heavy atom. The maximum atomic E-state index is 11.4. The number of carbonyl (C=O) groups excluding carboxylic acids is 1. The summed E-state index contributed by atoms with van der Waals surface area (Å²) in [6, 6.07) is 6.52. The highest BCUT2D eigenvalue weighted by Crippen LogP contribution is 2.35. The summed E-state index contributed by atoms with van der Waals surface area (Å²) in [5, 5.41) is 4.39. The Bertz CT molecular complexity index is 673. The predicted octanol–water partition coefficient (Wildman–Crippen LogP) is 2.93. The molecule has 0 unspecified atom stereocenters. The third-order valence-electron chi connectivity index (χ3n) is 3.96. The van der Waals surface area contributed by atoms with Gasteiger partial charge >= 0.3 is 0 Å². The van der Waals surface area contributed by atoms with Crippen LogP contribution in [-0.4, -0.2) is 22.6 Å². The molecule has 0 atom stereocenters. The van der Waals surface area contributed by atoms with Crippen molar-refractivity contribution < 1.29 is 4.79 Å². The third kappa shape index (κ3) is 1.92. The van der Waals surface area contributed by atoms with Crippen LogP contribution in [0.4, 0.5) is 11.5 Å². The number of aromatic nitrogens is 2. The molecule has 1 aliphatic rings. The minimum atomic E-state index is 0.695. The Balaban J connectivity index is 2.16. The molecule has 0 saturated carbocycles. The maximum absolute atomic E-state index is 11.4. The number of benzene rings is 1. The number of aryl methyl sites for hydroxylation is 4. The molecule has 0 amide bonds. The number of aldehydes is 1. The molecule has 4 nitrogen and oxygen atoms in total. The smallest absolute Gasteiger partial charge is 0.155 e. The highest BCUT2D eigenvalue weighted by Gasteiger charge is 2.24. The van der Waals surface area contributed by atoms with E-state index in [1.54, 1.807) is 0 Å². The van der Waals surface area contributed by atoms with Crippen molar-refractivity contribution in [1.29, 1.82) is 0 Å². The van der Waals surface area contributed by atoms with Crippen LogP contribution < -0.4 is 4.90 Å². The van der Waals surface area contributed by atoms with Crippen LogP contribution in [0.1, 0.15) is 33.6 Å². The predicted molar refractivity (Wildman–Crippen MR) is 79.8 cm³/mol. The van der Waals surface area contributed by atoms with Crippen molar-refractivity contribution in [3.63, 3.8) is 0 Å². The van der Waals surface area contributed by atoms with Gasteiger partial charge in [0, 0.05) is 19.3 Å². The van der Waals surface area contributed by atoms with Gasteiger partial charge in [0.2, 0.25) is 0 Å². The van der Waals surface area contributed by atoms with Gasteiger partial charge in [0.05, 0.1) is 11.3 Å². The lowest BCUT2D eigenvalue weighted by Gasteiger charge is -2.31. The van der Waals surface area contributed by atoms with Crippen LogP contribution in [0.2, 0.25) is 0 Å². The summed E-state index contributed by atoms with van der Waals surface area (Å²) in [5.41, 5.74) is 5.32. The van der Waals surface area contributed by atoms with Crippen LogP contribution in [0.25, 0.3) is 0 Å². The number of anilines is 2. The van der Waals surface area contributed by atoms with Crippen LogP contribution in [0, 0.1) is 13.8 Å². The number of carbonyl (C=O) groups is 1. The molecule has 2 aromatic rings. The van der Waals surface area contributed by atoms with E-state index in [-0.39, 0.29) is 0 Å². The van der Waals surface area contributed by atoms with Gasteiger partial charge in [-0.15, -0.1) is 0 Å². The van der Waals surface area contributed by atoms with Crippen LogP contribution in [-0.2, 0) is 13.5 Å². The molecule has 0 spiro atoms. The Morgan fingerprint density at radius 1 is 1.30 bits per heavy atom. The molecular formula is C16H19N3O. The molecule has 20 heavy (non-hydrogen) atoms. The zero-order valence-electron chi connectivity index (χ0n) is 12.2. The van der Waals surface area contributed by atoms with Crippen molar-refractivity contribution in [2.24, 2.45) is 7.05 Å². The Kier molecular flexibility index (Phi) is 3.08. The van der Waals surface area contributed by atoms with Crippen molar-refractivity contribution in [2.45, 2.75) is 26.7 Å². The largest absolute Gasteiger partial charge is 0.326 e. The second-order valence-electron chi connectivity index (χ2n) is 5.45. The summed E-state index contributed by atoms with van der Waals surface area (Å²) in [7, 11) is 1.90. The number of nitrogens with zero attached hydrogens (tertiary/aromatic N) is 3. The second kappa shape index (κ2) is 4.78. The standard InChI is InChI=1S/C16H19N3O/c1-11-6-7-15-13(9-11)5-4-8-19(15)16-14(10-20)12(2)17-18(16)3/h6-7,9-10H,4-5,8H2,1-3H3. The normalized spacial score (nSPS) is 14.2. The summed E-state index contributed by atoms with van der Waals surface area (Å²) in [4.78, 5) is 13.6. The fraction of sp³-hybridized carbons (Fsp3) is 0.375. The van der Waals surface area contributed by atoms with Crippen LogP contribution in [0.3, 0.4) is 0 Å². The molecule has 0 N–H and O–H groups in total. The Labute approximate surface area is 119 Å². The molecule has 104 valence electrons. The quantitative estimate of drug-likeness (QED) is 0.787. The van der Waals surface area contributed by atoms with E-state index in [0.717, 1.165) is 37.2 Å². The first-order chi connectivity index (χ1) is 9.61. The zero-order valence-corrected chi connectivity index (χ0v) is 12.2. The summed E-state index contributed by atoms with van der Waals surface area (Å²) >= 11 is 0. The molecule has 1 aromatic heterocycles. The molecule has 0 bridgehead atoms. The van der Waals surface area contributed by atoms with Gasteiger partial charge in [-0.2, -0.15) is 5.10 Å². The fourth-order valence-electron chi connectivity index (χ4n) is 3.07. The molecule has 0 saturated heterocycles. The molecule has 0 aliphatic carbocycles. The Morgan fingerprint density at radius 3 is 2.85 bits per heavy atom. The minimum absolute atomic E-state index is 0.695. The van der Waals surface area contributed by atoms with Crippen molar-refractivity contribution in [1.82, 2.24) is 9.78 Å². The van der Waals surface area contributed by atoms with Crippen molar-refractivity contribution in [3.8, 4) is 0 Å². The average Bonchev–Trinajstić information content (AvgIpc) is 2.71. The molecule has 1 aromatic carbocycles. The van der Waals surface area contributed by atoms with Gasteiger partial charge in [-0.1, -0.05) is 17.7 Å². The minimum Gasteiger partial charge on any atom is -0.326 e. The molecular weight excluding hydrogens is 250 g/mol. The van der Waals surface area contributed by atoms with E-state index in [4.69, 9.17) is 0 Å². The lowest BCUT2D eigenvalue weighted by Crippen LogP contribution is -2.27. The summed E-state index contributed by atoms with van der Waals surface area (Å²) in [5.74, 6) is 0.905. The zero-order chi connectivity index (χ0) is 14.3. The van der Waals surface area contributed by atoms with Crippen molar-refractivity contribution >= 4 is 17.8 Å². The SMILES string of the molecule is Cc1ccc2c(c1)CCCN2c1c(C=O)c(C)nn1C. The number of hydrogen-bond acceptors (Lipinski definition) is 3. The van der Waals surface area contributed by atoms with Gasteiger partial charge in [0.25, 0.3) is 0 Å². The molecule has 0 radical (unpaired) electrons. The second-order valence-corrected chi connectivity index (χ2v) is 5.45. The van der Waals surface area contributed by atoms with Gasteiger partial charge in [-0.25, -0.2) is 0 Å². The highest BCUT2D eigenvalue weighted by atomic mass is 16.1. The first kappa shape index (κ1) is 12.9. The monoisotopic (exact) mass is 269 g/mol. The molecule has 2 heterocycles. The van der Waals surface area contributed by atoms with Crippen LogP contribution in [0.5, 0.6) is 0 Å². The van der Waals surface area contributed by atoms with E-state index in [2.05, 4.69) is 35.1 Å². The lowest BCUT2D eigenvalue weighted by molar-refractivity contribution is 0.112. The molecule has 0 fully saturated rings. The van der Waals surface area contributed by atoms with E-state index < -0.39 is 0 Å². The van der Waals surface area contributed by atoms with Crippen molar-refractivity contribution in [2.75, 3.05) is 11.4 Å². The van der Waals surface area contributed by atoms with E-state index in [9.17, 15) is 4.79 Å². The maximum Gasteiger partial charge on any atom is 0.155 e. The van der Waals surface area contributed by atoms with Gasteiger partial charge < -0.3 is 4.90 Å². The van der Waals surface area contributed by atoms with Gasteiger partial charge in [-0.3, -0.25) is 9.48 Å². The third-order valence-corrected chi connectivity index (χ3v) is 3.96.